The van der Waals surface area contributed by atoms with Gasteiger partial charge in [-0.25, -0.2) is 4.98 Å². The smallest absolute Gasteiger partial charge is 0.230 e. The number of amides is 1. The van der Waals surface area contributed by atoms with Crippen LogP contribution in [0.3, 0.4) is 0 Å². The van der Waals surface area contributed by atoms with Crippen LogP contribution in [0.4, 0.5) is 5.69 Å². The second-order valence-electron chi connectivity index (χ2n) is 3.77. The minimum absolute atomic E-state index is 0.103. The van der Waals surface area contributed by atoms with Gasteiger partial charge in [0.25, 0.3) is 0 Å². The molecule has 2 aromatic rings. The summed E-state index contributed by atoms with van der Waals surface area (Å²) in [6, 6.07) is 5.43. The van der Waals surface area contributed by atoms with Crippen LogP contribution in [0.2, 0.25) is 5.02 Å². The lowest BCUT2D eigenvalue weighted by atomic mass is 10.2. The van der Waals surface area contributed by atoms with Gasteiger partial charge < -0.3 is 10.3 Å². The monoisotopic (exact) mass is 249 g/mol. The van der Waals surface area contributed by atoms with Crippen LogP contribution in [-0.2, 0) is 11.2 Å². The number of anilines is 1. The Hall–Kier alpha value is -1.81. The zero-order valence-corrected chi connectivity index (χ0v) is 10.1. The van der Waals surface area contributed by atoms with Crippen LogP contribution < -0.4 is 5.32 Å². The maximum Gasteiger partial charge on any atom is 0.230 e. The maximum absolute atomic E-state index is 11.7. The maximum atomic E-state index is 11.7. The summed E-state index contributed by atoms with van der Waals surface area (Å²) in [4.78, 5) is 18.4. The molecule has 0 fully saturated rings. The Kier molecular flexibility index (Phi) is 3.44. The number of nitrogens with one attached hydrogen (secondary N) is 2. The lowest BCUT2D eigenvalue weighted by Crippen LogP contribution is -2.14. The quantitative estimate of drug-likeness (QED) is 0.878. The van der Waals surface area contributed by atoms with Crippen LogP contribution >= 0.6 is 11.6 Å². The third kappa shape index (κ3) is 3.07. The Balaban J connectivity index is 2.00. The highest BCUT2D eigenvalue weighted by atomic mass is 35.5. The molecule has 0 saturated heterocycles. The molecule has 88 valence electrons. The molecule has 4 nitrogen and oxygen atoms in total. The second kappa shape index (κ2) is 5.01. The van der Waals surface area contributed by atoms with E-state index >= 15 is 0 Å². The Morgan fingerprint density at radius 3 is 3.00 bits per heavy atom. The molecular weight excluding hydrogens is 238 g/mol. The Bertz CT molecular complexity index is 523. The molecular formula is C12H12ClN3O. The van der Waals surface area contributed by atoms with E-state index in [-0.39, 0.29) is 12.3 Å². The van der Waals surface area contributed by atoms with E-state index in [1.165, 1.54) is 0 Å². The summed E-state index contributed by atoms with van der Waals surface area (Å²) in [7, 11) is 0. The zero-order chi connectivity index (χ0) is 12.3. The van der Waals surface area contributed by atoms with E-state index in [1.807, 2.05) is 19.1 Å². The number of H-pyrrole nitrogens is 1. The van der Waals surface area contributed by atoms with E-state index < -0.39 is 0 Å². The molecule has 0 bridgehead atoms. The lowest BCUT2D eigenvalue weighted by Gasteiger charge is -2.06. The molecule has 0 aliphatic heterocycles. The normalized spacial score (nSPS) is 10.2. The fourth-order valence-corrected chi connectivity index (χ4v) is 1.61. The molecule has 2 N–H and O–H groups in total. The number of aromatic amines is 1. The van der Waals surface area contributed by atoms with Crippen molar-refractivity contribution in [1.82, 2.24) is 9.97 Å². The average molecular weight is 250 g/mol. The van der Waals surface area contributed by atoms with Crippen LogP contribution in [-0.4, -0.2) is 15.9 Å². The van der Waals surface area contributed by atoms with E-state index in [0.29, 0.717) is 10.7 Å². The molecule has 0 atom stereocenters. The zero-order valence-electron chi connectivity index (χ0n) is 9.33. The number of halogens is 1. The van der Waals surface area contributed by atoms with Crippen LogP contribution in [0.5, 0.6) is 0 Å². The summed E-state index contributed by atoms with van der Waals surface area (Å²) in [5.74, 6) is -0.103. The van der Waals surface area contributed by atoms with Crippen LogP contribution in [0.25, 0.3) is 0 Å². The van der Waals surface area contributed by atoms with Gasteiger partial charge in [-0.2, -0.15) is 0 Å². The first-order valence-corrected chi connectivity index (χ1v) is 5.56. The minimum Gasteiger partial charge on any atom is -0.348 e. The highest BCUT2D eigenvalue weighted by molar-refractivity contribution is 6.31. The van der Waals surface area contributed by atoms with E-state index in [1.54, 1.807) is 18.6 Å². The molecule has 0 unspecified atom stereocenters. The molecule has 17 heavy (non-hydrogen) atoms. The molecule has 0 aliphatic carbocycles. The molecule has 1 aromatic heterocycles. The van der Waals surface area contributed by atoms with Gasteiger partial charge in [0, 0.05) is 22.6 Å². The number of nitrogens with zero attached hydrogens (tertiary/aromatic N) is 1. The van der Waals surface area contributed by atoms with Gasteiger partial charge in [0.15, 0.2) is 0 Å². The van der Waals surface area contributed by atoms with Crippen molar-refractivity contribution >= 4 is 23.2 Å². The predicted molar refractivity (Wildman–Crippen MR) is 67.1 cm³/mol. The fourth-order valence-electron chi connectivity index (χ4n) is 1.43. The van der Waals surface area contributed by atoms with Gasteiger partial charge in [-0.05, 0) is 24.6 Å². The first kappa shape index (κ1) is 11.7. The number of benzene rings is 1. The van der Waals surface area contributed by atoms with E-state index in [4.69, 9.17) is 11.6 Å². The minimum atomic E-state index is -0.103. The summed E-state index contributed by atoms with van der Waals surface area (Å²) in [6.07, 6.45) is 3.44. The molecule has 0 aliphatic rings. The number of hydrogen-bond donors (Lipinski definition) is 2. The summed E-state index contributed by atoms with van der Waals surface area (Å²) in [5, 5.41) is 3.42. The predicted octanol–water partition coefficient (Wildman–Crippen LogP) is 2.55. The first-order chi connectivity index (χ1) is 8.15. The fraction of sp³-hybridized carbons (Fsp3) is 0.167. The molecule has 0 saturated carbocycles. The van der Waals surface area contributed by atoms with Gasteiger partial charge in [0.05, 0.1) is 12.7 Å². The number of carbonyl (C=O) groups is 1. The Labute approximate surface area is 104 Å². The molecule has 2 rings (SSSR count). The highest BCUT2D eigenvalue weighted by Crippen LogP contribution is 2.19. The van der Waals surface area contributed by atoms with E-state index in [2.05, 4.69) is 15.3 Å². The van der Waals surface area contributed by atoms with Crippen molar-refractivity contribution in [3.8, 4) is 0 Å². The first-order valence-electron chi connectivity index (χ1n) is 5.18. The van der Waals surface area contributed by atoms with Gasteiger partial charge in [0.2, 0.25) is 5.91 Å². The van der Waals surface area contributed by atoms with Gasteiger partial charge in [-0.3, -0.25) is 4.79 Å². The number of aromatic nitrogens is 2. The Morgan fingerprint density at radius 1 is 1.53 bits per heavy atom. The van der Waals surface area contributed by atoms with Gasteiger partial charge in [-0.1, -0.05) is 17.7 Å². The number of rotatable bonds is 3. The van der Waals surface area contributed by atoms with Crippen molar-refractivity contribution in [3.05, 3.63) is 47.0 Å². The standard InChI is InChI=1S/C12H12ClN3O/c1-8-2-3-9(4-11(8)13)16-12(17)5-10-6-14-7-15-10/h2-4,6-7H,5H2,1H3,(H,14,15)(H,16,17). The van der Waals surface area contributed by atoms with Crippen LogP contribution in [0, 0.1) is 6.92 Å². The third-order valence-electron chi connectivity index (χ3n) is 2.36. The summed E-state index contributed by atoms with van der Waals surface area (Å²) in [6.45, 7) is 1.92. The van der Waals surface area contributed by atoms with E-state index in [9.17, 15) is 4.79 Å². The van der Waals surface area contributed by atoms with Gasteiger partial charge in [0.1, 0.15) is 0 Å². The van der Waals surface area contributed by atoms with Crippen molar-refractivity contribution in [2.75, 3.05) is 5.32 Å². The molecule has 5 heteroatoms. The SMILES string of the molecule is Cc1ccc(NC(=O)Cc2cnc[nH]2)cc1Cl. The number of imidazole rings is 1. The van der Waals surface area contributed by atoms with Gasteiger partial charge >= 0.3 is 0 Å². The van der Waals surface area contributed by atoms with Crippen molar-refractivity contribution in [1.29, 1.82) is 0 Å². The highest BCUT2D eigenvalue weighted by Gasteiger charge is 2.05. The summed E-state index contributed by atoms with van der Waals surface area (Å²) in [5.41, 5.74) is 2.46. The summed E-state index contributed by atoms with van der Waals surface area (Å²) < 4.78 is 0. The average Bonchev–Trinajstić information content (AvgIpc) is 2.76. The Morgan fingerprint density at radius 2 is 2.35 bits per heavy atom. The molecule has 1 heterocycles. The third-order valence-corrected chi connectivity index (χ3v) is 2.77. The van der Waals surface area contributed by atoms with Crippen LogP contribution in [0.15, 0.2) is 30.7 Å². The number of carbonyl (C=O) groups excluding carboxylic acids is 1. The van der Waals surface area contributed by atoms with E-state index in [0.717, 1.165) is 11.3 Å². The molecule has 1 amide bonds. The van der Waals surface area contributed by atoms with Crippen molar-refractivity contribution < 1.29 is 4.79 Å². The molecule has 0 radical (unpaired) electrons. The van der Waals surface area contributed by atoms with Crippen molar-refractivity contribution in [2.45, 2.75) is 13.3 Å². The topological polar surface area (TPSA) is 57.8 Å². The molecule has 0 spiro atoms. The molecule has 1 aromatic carbocycles. The largest absolute Gasteiger partial charge is 0.348 e. The van der Waals surface area contributed by atoms with Crippen LogP contribution in [0.1, 0.15) is 11.3 Å². The van der Waals surface area contributed by atoms with Crippen molar-refractivity contribution in [3.63, 3.8) is 0 Å². The van der Waals surface area contributed by atoms with Crippen molar-refractivity contribution in [2.24, 2.45) is 0 Å². The summed E-state index contributed by atoms with van der Waals surface area (Å²) >= 11 is 5.97. The van der Waals surface area contributed by atoms with Gasteiger partial charge in [-0.15, -0.1) is 0 Å². The number of aryl methyl sites for hydroxylation is 1. The second-order valence-corrected chi connectivity index (χ2v) is 4.17. The lowest BCUT2D eigenvalue weighted by molar-refractivity contribution is -0.115. The number of hydrogen-bond acceptors (Lipinski definition) is 2.